The molecular weight excluding hydrogens is 447 g/mol. The molecule has 0 heterocycles. The van der Waals surface area contributed by atoms with Crippen LogP contribution in [-0.2, 0) is 4.79 Å². The highest BCUT2D eigenvalue weighted by Crippen LogP contribution is 2.36. The summed E-state index contributed by atoms with van der Waals surface area (Å²) < 4.78 is 34.2. The van der Waals surface area contributed by atoms with Crippen LogP contribution in [0.2, 0.25) is 10.0 Å². The normalized spacial score (nSPS) is 11.0. The number of nitro benzene ring substituents is 1. The van der Waals surface area contributed by atoms with Crippen LogP contribution in [-0.4, -0.2) is 24.6 Å². The Labute approximate surface area is 178 Å². The largest absolute Gasteiger partial charge is 0.493 e. The molecule has 0 aromatic heterocycles. The highest BCUT2D eigenvalue weighted by Gasteiger charge is 2.22. The van der Waals surface area contributed by atoms with Gasteiger partial charge in [0, 0.05) is 5.02 Å². The van der Waals surface area contributed by atoms with E-state index in [9.17, 15) is 29.0 Å². The Balaban J connectivity index is 2.49. The van der Waals surface area contributed by atoms with Gasteiger partial charge in [-0.05, 0) is 30.3 Å². The number of alkyl halides is 2. The Kier molecular flexibility index (Phi) is 7.52. The van der Waals surface area contributed by atoms with Crippen molar-refractivity contribution in [1.82, 2.24) is 0 Å². The zero-order valence-corrected chi connectivity index (χ0v) is 16.5. The summed E-state index contributed by atoms with van der Waals surface area (Å²) in [4.78, 5) is 22.9. The van der Waals surface area contributed by atoms with Gasteiger partial charge in [-0.15, -0.1) is 0 Å². The summed E-state index contributed by atoms with van der Waals surface area (Å²) in [6.45, 7) is -3.25. The lowest BCUT2D eigenvalue weighted by Gasteiger charge is -2.11. The van der Waals surface area contributed by atoms with Crippen LogP contribution in [0.5, 0.6) is 11.5 Å². The van der Waals surface area contributed by atoms with Crippen LogP contribution in [0.1, 0.15) is 5.56 Å². The zero-order chi connectivity index (χ0) is 22.4. The van der Waals surface area contributed by atoms with Crippen molar-refractivity contribution in [2.45, 2.75) is 6.61 Å². The summed E-state index contributed by atoms with van der Waals surface area (Å²) in [5.74, 6) is -1.77. The van der Waals surface area contributed by atoms with Gasteiger partial charge in [-0.3, -0.25) is 14.9 Å². The molecule has 0 fully saturated rings. The SMILES string of the molecule is COc1cc(/C=C(\C#N)C(=O)Nc2cc(Cl)ccc2Cl)c([N+](=O)[O-])cc1OC(F)F. The number of methoxy groups -OCH3 is 1. The lowest BCUT2D eigenvalue weighted by Crippen LogP contribution is -2.14. The summed E-state index contributed by atoms with van der Waals surface area (Å²) in [6, 6.07) is 7.57. The van der Waals surface area contributed by atoms with Gasteiger partial charge in [0.1, 0.15) is 11.6 Å². The lowest BCUT2D eigenvalue weighted by atomic mass is 10.1. The maximum absolute atomic E-state index is 12.5. The summed E-state index contributed by atoms with van der Waals surface area (Å²) in [6.07, 6.45) is 0.903. The van der Waals surface area contributed by atoms with Crippen LogP contribution >= 0.6 is 23.2 Å². The second-order valence-corrected chi connectivity index (χ2v) is 6.29. The number of carbonyl (C=O) groups is 1. The molecule has 2 aromatic carbocycles. The van der Waals surface area contributed by atoms with E-state index in [2.05, 4.69) is 10.1 Å². The number of benzene rings is 2. The van der Waals surface area contributed by atoms with Gasteiger partial charge in [-0.25, -0.2) is 0 Å². The quantitative estimate of drug-likeness (QED) is 0.269. The molecule has 8 nitrogen and oxygen atoms in total. The number of nitrogens with one attached hydrogen (secondary N) is 1. The van der Waals surface area contributed by atoms with Gasteiger partial charge in [0.2, 0.25) is 0 Å². The minimum atomic E-state index is -3.25. The zero-order valence-electron chi connectivity index (χ0n) is 15.0. The van der Waals surface area contributed by atoms with Crippen molar-refractivity contribution in [3.63, 3.8) is 0 Å². The first-order chi connectivity index (χ1) is 14.2. The summed E-state index contributed by atoms with van der Waals surface area (Å²) in [7, 11) is 1.13. The van der Waals surface area contributed by atoms with Gasteiger partial charge < -0.3 is 14.8 Å². The Hall–Kier alpha value is -3.42. The molecule has 12 heteroatoms. The third kappa shape index (κ3) is 5.56. The number of halogens is 4. The average Bonchev–Trinajstić information content (AvgIpc) is 2.68. The molecular formula is C18H11Cl2F2N3O5. The van der Waals surface area contributed by atoms with Crippen LogP contribution in [0.15, 0.2) is 35.9 Å². The predicted molar refractivity (Wildman–Crippen MR) is 105 cm³/mol. The number of anilines is 1. The first-order valence-corrected chi connectivity index (χ1v) is 8.61. The van der Waals surface area contributed by atoms with E-state index in [0.717, 1.165) is 19.3 Å². The summed E-state index contributed by atoms with van der Waals surface area (Å²) in [5.41, 5.74) is -1.35. The Morgan fingerprint density at radius 2 is 2.00 bits per heavy atom. The molecule has 0 unspecified atom stereocenters. The number of amides is 1. The number of nitrogens with zero attached hydrogens (tertiary/aromatic N) is 2. The topological polar surface area (TPSA) is 114 Å². The van der Waals surface area contributed by atoms with E-state index >= 15 is 0 Å². The number of hydrogen-bond donors (Lipinski definition) is 1. The molecule has 2 rings (SSSR count). The van der Waals surface area contributed by atoms with E-state index in [0.29, 0.717) is 6.07 Å². The standard InChI is InChI=1S/C18H11Cl2F2N3O5/c1-29-15-5-9(14(25(27)28)7-16(15)30-18(21)22)4-10(8-23)17(26)24-13-6-11(19)2-3-12(13)20/h2-7,18H,1H3,(H,24,26)/b10-4+. The molecule has 1 N–H and O–H groups in total. The van der Waals surface area contributed by atoms with Crippen molar-refractivity contribution in [3.05, 3.63) is 61.6 Å². The van der Waals surface area contributed by atoms with Crippen LogP contribution in [0.4, 0.5) is 20.2 Å². The molecule has 1 amide bonds. The minimum Gasteiger partial charge on any atom is -0.493 e. The van der Waals surface area contributed by atoms with Crippen LogP contribution in [0.25, 0.3) is 6.08 Å². The Morgan fingerprint density at radius 3 is 2.57 bits per heavy atom. The van der Waals surface area contributed by atoms with Gasteiger partial charge in [-0.2, -0.15) is 14.0 Å². The molecule has 0 radical (unpaired) electrons. The molecule has 0 spiro atoms. The van der Waals surface area contributed by atoms with Crippen molar-refractivity contribution in [2.24, 2.45) is 0 Å². The Bertz CT molecular complexity index is 1070. The van der Waals surface area contributed by atoms with Crippen LogP contribution in [0.3, 0.4) is 0 Å². The molecule has 156 valence electrons. The van der Waals surface area contributed by atoms with Crippen molar-refractivity contribution >= 4 is 46.6 Å². The average molecular weight is 458 g/mol. The summed E-state index contributed by atoms with van der Waals surface area (Å²) in [5, 5.41) is 23.5. The van der Waals surface area contributed by atoms with Crippen LogP contribution < -0.4 is 14.8 Å². The van der Waals surface area contributed by atoms with Gasteiger partial charge in [0.15, 0.2) is 11.5 Å². The lowest BCUT2D eigenvalue weighted by molar-refractivity contribution is -0.385. The Morgan fingerprint density at radius 1 is 1.30 bits per heavy atom. The number of carbonyl (C=O) groups excluding carboxylic acids is 1. The van der Waals surface area contributed by atoms with E-state index in [1.54, 1.807) is 6.07 Å². The van der Waals surface area contributed by atoms with Crippen LogP contribution in [0, 0.1) is 21.4 Å². The smallest absolute Gasteiger partial charge is 0.387 e. The van der Waals surface area contributed by atoms with Gasteiger partial charge in [0.25, 0.3) is 11.6 Å². The fourth-order valence-electron chi connectivity index (χ4n) is 2.27. The van der Waals surface area contributed by atoms with E-state index in [1.165, 1.54) is 18.2 Å². The molecule has 2 aromatic rings. The van der Waals surface area contributed by atoms with E-state index < -0.39 is 34.5 Å². The number of nitro groups is 1. The van der Waals surface area contributed by atoms with Crippen molar-refractivity contribution in [3.8, 4) is 17.6 Å². The van der Waals surface area contributed by atoms with Gasteiger partial charge in [0.05, 0.1) is 34.4 Å². The molecule has 0 aliphatic carbocycles. The molecule has 0 saturated heterocycles. The highest BCUT2D eigenvalue weighted by molar-refractivity contribution is 6.36. The molecule has 0 aliphatic rings. The fourth-order valence-corrected chi connectivity index (χ4v) is 2.61. The van der Waals surface area contributed by atoms with Gasteiger partial charge >= 0.3 is 6.61 Å². The molecule has 0 bridgehead atoms. The molecule has 0 aliphatic heterocycles. The summed E-state index contributed by atoms with van der Waals surface area (Å²) >= 11 is 11.8. The van der Waals surface area contributed by atoms with Crippen molar-refractivity contribution < 1.29 is 28.0 Å². The predicted octanol–water partition coefficient (Wildman–Crippen LogP) is 5.06. The van der Waals surface area contributed by atoms with E-state index in [-0.39, 0.29) is 27.0 Å². The molecule has 0 atom stereocenters. The fraction of sp³-hybridized carbons (Fsp3) is 0.111. The monoisotopic (exact) mass is 457 g/mol. The van der Waals surface area contributed by atoms with E-state index in [4.69, 9.17) is 27.9 Å². The number of nitriles is 1. The van der Waals surface area contributed by atoms with Crippen molar-refractivity contribution in [2.75, 3.05) is 12.4 Å². The second-order valence-electron chi connectivity index (χ2n) is 5.45. The number of ether oxygens (including phenoxy) is 2. The van der Waals surface area contributed by atoms with Gasteiger partial charge in [-0.1, -0.05) is 23.2 Å². The third-order valence-electron chi connectivity index (χ3n) is 3.57. The minimum absolute atomic E-state index is 0.114. The van der Waals surface area contributed by atoms with E-state index in [1.807, 2.05) is 0 Å². The first kappa shape index (κ1) is 22.9. The third-order valence-corrected chi connectivity index (χ3v) is 4.13. The second kappa shape index (κ2) is 9.87. The highest BCUT2D eigenvalue weighted by atomic mass is 35.5. The number of hydrogen-bond acceptors (Lipinski definition) is 6. The molecule has 30 heavy (non-hydrogen) atoms. The maximum atomic E-state index is 12.5. The first-order valence-electron chi connectivity index (χ1n) is 7.85. The molecule has 0 saturated carbocycles. The number of rotatable bonds is 7. The van der Waals surface area contributed by atoms with Crippen molar-refractivity contribution in [1.29, 1.82) is 5.26 Å². The maximum Gasteiger partial charge on any atom is 0.387 e.